The summed E-state index contributed by atoms with van der Waals surface area (Å²) in [4.78, 5) is 21.6. The van der Waals surface area contributed by atoms with Crippen LogP contribution in [0.15, 0.2) is 12.1 Å². The molecule has 18 heavy (non-hydrogen) atoms. The topological polar surface area (TPSA) is 54.4 Å². The molecule has 0 radical (unpaired) electrons. The Labute approximate surface area is 103 Å². The highest BCUT2D eigenvalue weighted by Crippen LogP contribution is 2.35. The van der Waals surface area contributed by atoms with E-state index in [9.17, 15) is 27.2 Å². The first-order chi connectivity index (χ1) is 8.14. The molecule has 1 aromatic carbocycles. The molecule has 1 aromatic rings. The summed E-state index contributed by atoms with van der Waals surface area (Å²) in [5.74, 6) is -4.72. The summed E-state index contributed by atoms with van der Waals surface area (Å²) in [6, 6.07) is 1.08. The van der Waals surface area contributed by atoms with Crippen LogP contribution in [0.2, 0.25) is 5.02 Å². The molecule has 3 nitrogen and oxygen atoms in total. The highest BCUT2D eigenvalue weighted by atomic mass is 35.5. The minimum atomic E-state index is -4.98. The quantitative estimate of drug-likeness (QED) is 0.527. The number of carboxylic acid groups (broad SMARTS) is 1. The number of hydrogen-bond donors (Lipinski definition) is 1. The Kier molecular flexibility index (Phi) is 3.95. The first-order valence-electron chi connectivity index (χ1n) is 4.44. The van der Waals surface area contributed by atoms with E-state index in [1.165, 1.54) is 0 Å². The summed E-state index contributed by atoms with van der Waals surface area (Å²) in [6.45, 7) is 0. The number of carbonyl (C=O) groups is 2. The average molecular weight is 285 g/mol. The van der Waals surface area contributed by atoms with Crippen LogP contribution in [0, 0.1) is 5.82 Å². The van der Waals surface area contributed by atoms with Gasteiger partial charge in [0.25, 0.3) is 0 Å². The molecular formula is C10H5ClF4O3. The van der Waals surface area contributed by atoms with Crippen LogP contribution >= 0.6 is 11.6 Å². The number of aliphatic carboxylic acids is 1. The van der Waals surface area contributed by atoms with Gasteiger partial charge in [-0.3, -0.25) is 9.59 Å². The molecule has 0 heterocycles. The number of alkyl halides is 3. The van der Waals surface area contributed by atoms with Gasteiger partial charge in [-0.2, -0.15) is 13.2 Å². The van der Waals surface area contributed by atoms with Crippen LogP contribution in [-0.2, 0) is 11.0 Å². The molecule has 0 unspecified atom stereocenters. The van der Waals surface area contributed by atoms with Crippen LogP contribution in [0.5, 0.6) is 0 Å². The summed E-state index contributed by atoms with van der Waals surface area (Å²) in [6.07, 6.45) is -6.23. The van der Waals surface area contributed by atoms with Gasteiger partial charge in [-0.15, -0.1) is 0 Å². The predicted molar refractivity (Wildman–Crippen MR) is 53.0 cm³/mol. The number of ketones is 1. The lowest BCUT2D eigenvalue weighted by Gasteiger charge is -2.12. The molecule has 0 aromatic heterocycles. The Hall–Kier alpha value is -1.63. The smallest absolute Gasteiger partial charge is 0.417 e. The molecular weight excluding hydrogens is 280 g/mol. The second-order valence-corrected chi connectivity index (χ2v) is 3.68. The Morgan fingerprint density at radius 3 is 2.28 bits per heavy atom. The second-order valence-electron chi connectivity index (χ2n) is 3.28. The van der Waals surface area contributed by atoms with Gasteiger partial charge in [0, 0.05) is 0 Å². The molecule has 98 valence electrons. The van der Waals surface area contributed by atoms with Crippen molar-refractivity contribution < 1.29 is 32.3 Å². The SMILES string of the molecule is O=C(O)CC(=O)c1c(C(F)(F)F)ccc(Cl)c1F. The van der Waals surface area contributed by atoms with Gasteiger partial charge >= 0.3 is 12.1 Å². The zero-order chi connectivity index (χ0) is 14.1. The molecule has 0 fully saturated rings. The lowest BCUT2D eigenvalue weighted by atomic mass is 10.0. The fourth-order valence-electron chi connectivity index (χ4n) is 1.29. The third kappa shape index (κ3) is 2.98. The van der Waals surface area contributed by atoms with E-state index in [1.54, 1.807) is 0 Å². The Morgan fingerprint density at radius 2 is 1.83 bits per heavy atom. The number of carboxylic acids is 1. The van der Waals surface area contributed by atoms with Crippen LogP contribution in [0.25, 0.3) is 0 Å². The van der Waals surface area contributed by atoms with Crippen molar-refractivity contribution in [2.24, 2.45) is 0 Å². The third-order valence-electron chi connectivity index (χ3n) is 1.99. The molecule has 8 heteroatoms. The van der Waals surface area contributed by atoms with E-state index >= 15 is 0 Å². The van der Waals surface area contributed by atoms with Crippen molar-refractivity contribution in [2.75, 3.05) is 0 Å². The van der Waals surface area contributed by atoms with E-state index in [1.807, 2.05) is 0 Å². The number of benzene rings is 1. The molecule has 0 spiro atoms. The molecule has 0 aliphatic rings. The first-order valence-corrected chi connectivity index (χ1v) is 4.82. The number of hydrogen-bond acceptors (Lipinski definition) is 2. The van der Waals surface area contributed by atoms with Gasteiger partial charge < -0.3 is 5.11 Å². The van der Waals surface area contributed by atoms with Gasteiger partial charge in [-0.05, 0) is 12.1 Å². The summed E-state index contributed by atoms with van der Waals surface area (Å²) in [5.41, 5.74) is -2.90. The molecule has 0 aliphatic carbocycles. The van der Waals surface area contributed by atoms with Gasteiger partial charge in [0.15, 0.2) is 11.6 Å². The van der Waals surface area contributed by atoms with E-state index in [2.05, 4.69) is 0 Å². The fourth-order valence-corrected chi connectivity index (χ4v) is 1.44. The number of Topliss-reactive ketones (excluding diaryl/α,β-unsaturated/α-hetero) is 1. The lowest BCUT2D eigenvalue weighted by Crippen LogP contribution is -2.17. The highest BCUT2D eigenvalue weighted by molar-refractivity contribution is 6.31. The third-order valence-corrected chi connectivity index (χ3v) is 2.28. The molecule has 0 bridgehead atoms. The minimum absolute atomic E-state index is 0.431. The van der Waals surface area contributed by atoms with Gasteiger partial charge in [-0.1, -0.05) is 11.6 Å². The summed E-state index contributed by atoms with van der Waals surface area (Å²) in [5, 5.41) is 7.66. The van der Waals surface area contributed by atoms with E-state index in [0.29, 0.717) is 12.1 Å². The number of rotatable bonds is 3. The summed E-state index contributed by atoms with van der Waals surface area (Å²) < 4.78 is 51.1. The standard InChI is InChI=1S/C10H5ClF4O3/c11-5-2-1-4(10(13,14)15)8(9(5)12)6(16)3-7(17)18/h1-2H,3H2,(H,17,18). The first kappa shape index (κ1) is 14.4. The maximum absolute atomic E-state index is 13.4. The van der Waals surface area contributed by atoms with Crippen LogP contribution in [-0.4, -0.2) is 16.9 Å². The highest BCUT2D eigenvalue weighted by Gasteiger charge is 2.37. The van der Waals surface area contributed by atoms with Crippen LogP contribution < -0.4 is 0 Å². The average Bonchev–Trinajstić information content (AvgIpc) is 2.18. The maximum atomic E-state index is 13.4. The molecule has 0 amide bonds. The zero-order valence-electron chi connectivity index (χ0n) is 8.52. The number of carbonyl (C=O) groups excluding carboxylic acids is 1. The predicted octanol–water partition coefficient (Wildman–Crippen LogP) is 3.16. The van der Waals surface area contributed by atoms with Crippen molar-refractivity contribution in [1.82, 2.24) is 0 Å². The Balaban J connectivity index is 3.43. The van der Waals surface area contributed by atoms with Gasteiger partial charge in [0.05, 0.1) is 16.1 Å². The minimum Gasteiger partial charge on any atom is -0.481 e. The monoisotopic (exact) mass is 284 g/mol. The summed E-state index contributed by atoms with van der Waals surface area (Å²) in [7, 11) is 0. The van der Waals surface area contributed by atoms with E-state index in [4.69, 9.17) is 16.7 Å². The molecule has 1 N–H and O–H groups in total. The molecule has 0 atom stereocenters. The van der Waals surface area contributed by atoms with Gasteiger partial charge in [0.2, 0.25) is 0 Å². The van der Waals surface area contributed by atoms with Crippen molar-refractivity contribution in [3.8, 4) is 0 Å². The second kappa shape index (κ2) is 4.93. The van der Waals surface area contributed by atoms with E-state index in [0.717, 1.165) is 0 Å². The van der Waals surface area contributed by atoms with Crippen molar-refractivity contribution in [3.05, 3.63) is 34.1 Å². The number of halogens is 5. The van der Waals surface area contributed by atoms with Crippen molar-refractivity contribution >= 4 is 23.4 Å². The van der Waals surface area contributed by atoms with Crippen LogP contribution in [0.3, 0.4) is 0 Å². The van der Waals surface area contributed by atoms with Crippen molar-refractivity contribution in [3.63, 3.8) is 0 Å². The lowest BCUT2D eigenvalue weighted by molar-refractivity contribution is -0.139. The molecule has 0 saturated carbocycles. The van der Waals surface area contributed by atoms with E-state index < -0.39 is 46.3 Å². The fraction of sp³-hybridized carbons (Fsp3) is 0.200. The molecule has 1 rings (SSSR count). The van der Waals surface area contributed by atoms with Crippen LogP contribution in [0.1, 0.15) is 22.3 Å². The summed E-state index contributed by atoms with van der Waals surface area (Å²) >= 11 is 5.27. The van der Waals surface area contributed by atoms with E-state index in [-0.39, 0.29) is 0 Å². The normalized spacial score (nSPS) is 11.4. The maximum Gasteiger partial charge on any atom is 0.417 e. The van der Waals surface area contributed by atoms with Gasteiger partial charge in [-0.25, -0.2) is 4.39 Å². The molecule has 0 aliphatic heterocycles. The van der Waals surface area contributed by atoms with Crippen molar-refractivity contribution in [2.45, 2.75) is 12.6 Å². The zero-order valence-corrected chi connectivity index (χ0v) is 9.27. The van der Waals surface area contributed by atoms with Crippen LogP contribution in [0.4, 0.5) is 17.6 Å². The van der Waals surface area contributed by atoms with Gasteiger partial charge in [0.1, 0.15) is 6.42 Å². The Bertz CT molecular complexity index is 511. The molecule has 0 saturated heterocycles. The Morgan fingerprint density at radius 1 is 1.28 bits per heavy atom. The van der Waals surface area contributed by atoms with Crippen molar-refractivity contribution in [1.29, 1.82) is 0 Å². The largest absolute Gasteiger partial charge is 0.481 e.